The third-order valence-electron chi connectivity index (χ3n) is 7.78. The smallest absolute Gasteiger partial charge is 0.415 e. The van der Waals surface area contributed by atoms with E-state index in [9.17, 15) is 18.0 Å². The fraction of sp³-hybridized carbons (Fsp3) is 0.367. The largest absolute Gasteiger partial charge is 0.440 e. The van der Waals surface area contributed by atoms with Crippen LogP contribution in [0.25, 0.3) is 0 Å². The summed E-state index contributed by atoms with van der Waals surface area (Å²) in [6.07, 6.45) is 2.07. The second-order valence-corrected chi connectivity index (χ2v) is 11.4. The van der Waals surface area contributed by atoms with Crippen molar-refractivity contribution in [2.24, 2.45) is 5.92 Å². The molecular weight excluding hydrogens is 509 g/mol. The quantitative estimate of drug-likeness (QED) is 0.165. The number of benzene rings is 3. The lowest BCUT2D eigenvalue weighted by Gasteiger charge is -2.52. The van der Waals surface area contributed by atoms with E-state index in [-0.39, 0.29) is 30.0 Å². The number of amides is 1. The molecule has 3 aliphatic rings. The number of carbonyl (C=O) groups is 1. The van der Waals surface area contributed by atoms with Crippen molar-refractivity contribution in [3.63, 3.8) is 0 Å². The van der Waals surface area contributed by atoms with Crippen molar-refractivity contribution in [2.45, 2.75) is 36.8 Å². The minimum Gasteiger partial charge on any atom is -0.440 e. The van der Waals surface area contributed by atoms with E-state index in [2.05, 4.69) is 0 Å². The van der Waals surface area contributed by atoms with Gasteiger partial charge >= 0.3 is 6.09 Å². The standard InChI is InChI=1S/C30H32F3N2O2S/c31-24-12-10-22(11-13-24)20-34(27-8-3-1-6-25(27)32)30(36)37-28-21-35(17-14-23(28)15-18-35)16-5-19-38-29-9-4-2-7-26(29)33/h1-4,6-13,23,28H,5,14-21H2/q+1/t23?,28-,35?/m0/s1. The SMILES string of the molecule is O=C(O[C@H]1C[N+]2(CCCSc3ccccc3F)CCC1CC2)N(Cc1ccc(F)cc1)c1ccccc1F. The lowest BCUT2D eigenvalue weighted by atomic mass is 9.83. The van der Waals surface area contributed by atoms with Gasteiger partial charge in [0.05, 0.1) is 31.9 Å². The molecule has 200 valence electrons. The number of thioether (sulfide) groups is 1. The molecule has 2 bridgehead atoms. The summed E-state index contributed by atoms with van der Waals surface area (Å²) in [5.74, 6) is 0.0437. The molecule has 4 nitrogen and oxygen atoms in total. The maximum absolute atomic E-state index is 14.7. The van der Waals surface area contributed by atoms with Gasteiger partial charge in [-0.05, 0) is 42.0 Å². The van der Waals surface area contributed by atoms with Crippen LogP contribution in [0.15, 0.2) is 77.7 Å². The van der Waals surface area contributed by atoms with Crippen molar-refractivity contribution in [1.82, 2.24) is 0 Å². The number of ether oxygens (including phenoxy) is 1. The molecule has 0 radical (unpaired) electrons. The van der Waals surface area contributed by atoms with Gasteiger partial charge in [0.2, 0.25) is 0 Å². The van der Waals surface area contributed by atoms with Gasteiger partial charge in [-0.1, -0.05) is 36.4 Å². The van der Waals surface area contributed by atoms with E-state index in [0.717, 1.165) is 55.7 Å². The molecule has 0 N–H and O–H groups in total. The van der Waals surface area contributed by atoms with E-state index in [1.54, 1.807) is 36.4 Å². The molecule has 1 amide bonds. The third-order valence-corrected chi connectivity index (χ3v) is 8.92. The Morgan fingerprint density at radius 1 is 0.921 bits per heavy atom. The van der Waals surface area contributed by atoms with E-state index in [4.69, 9.17) is 4.74 Å². The number of anilines is 1. The van der Waals surface area contributed by atoms with Gasteiger partial charge in [-0.2, -0.15) is 0 Å². The van der Waals surface area contributed by atoms with E-state index >= 15 is 0 Å². The molecule has 3 heterocycles. The maximum Gasteiger partial charge on any atom is 0.415 e. The molecule has 1 atom stereocenters. The first-order valence-corrected chi connectivity index (χ1v) is 14.1. The number of para-hydroxylation sites is 1. The first kappa shape index (κ1) is 26.6. The summed E-state index contributed by atoms with van der Waals surface area (Å²) in [4.78, 5) is 15.5. The van der Waals surface area contributed by atoms with Crippen LogP contribution in [-0.4, -0.2) is 48.6 Å². The lowest BCUT2D eigenvalue weighted by Crippen LogP contribution is -2.65. The Labute approximate surface area is 226 Å². The molecule has 6 rings (SSSR count). The number of quaternary nitrogens is 1. The van der Waals surface area contributed by atoms with Gasteiger partial charge in [0, 0.05) is 35.8 Å². The predicted octanol–water partition coefficient (Wildman–Crippen LogP) is 7.04. The summed E-state index contributed by atoms with van der Waals surface area (Å²) >= 11 is 1.54. The van der Waals surface area contributed by atoms with Crippen molar-refractivity contribution in [1.29, 1.82) is 0 Å². The number of piperidine rings is 3. The molecular formula is C30H32F3N2O2S+. The van der Waals surface area contributed by atoms with Gasteiger partial charge in [0.15, 0.2) is 6.10 Å². The highest BCUT2D eigenvalue weighted by Gasteiger charge is 2.47. The molecule has 0 aliphatic carbocycles. The highest BCUT2D eigenvalue weighted by molar-refractivity contribution is 7.99. The third kappa shape index (κ3) is 6.18. The van der Waals surface area contributed by atoms with Crippen LogP contribution in [0.3, 0.4) is 0 Å². The number of fused-ring (bicyclic) bond motifs is 3. The summed E-state index contributed by atoms with van der Waals surface area (Å²) in [5, 5.41) is 0. The molecule has 3 saturated heterocycles. The van der Waals surface area contributed by atoms with Gasteiger partial charge < -0.3 is 9.22 Å². The summed E-state index contributed by atoms with van der Waals surface area (Å²) in [6.45, 7) is 3.87. The second-order valence-electron chi connectivity index (χ2n) is 10.3. The highest BCUT2D eigenvalue weighted by Crippen LogP contribution is 2.37. The van der Waals surface area contributed by atoms with Crippen LogP contribution in [0.1, 0.15) is 24.8 Å². The average Bonchev–Trinajstić information content (AvgIpc) is 2.93. The molecule has 0 unspecified atom stereocenters. The minimum atomic E-state index is -0.591. The van der Waals surface area contributed by atoms with Gasteiger partial charge in [0.25, 0.3) is 0 Å². The van der Waals surface area contributed by atoms with Crippen molar-refractivity contribution in [2.75, 3.05) is 36.8 Å². The Hall–Kier alpha value is -2.97. The van der Waals surface area contributed by atoms with Crippen LogP contribution in [0.4, 0.5) is 23.7 Å². The van der Waals surface area contributed by atoms with Crippen molar-refractivity contribution >= 4 is 23.5 Å². The molecule has 3 aromatic rings. The number of nitrogens with zero attached hydrogens (tertiary/aromatic N) is 2. The van der Waals surface area contributed by atoms with Crippen LogP contribution < -0.4 is 4.90 Å². The van der Waals surface area contributed by atoms with Gasteiger partial charge in [-0.15, -0.1) is 11.8 Å². The van der Waals surface area contributed by atoms with E-state index in [1.807, 2.05) is 12.1 Å². The second kappa shape index (κ2) is 11.8. The zero-order valence-electron chi connectivity index (χ0n) is 21.2. The van der Waals surface area contributed by atoms with E-state index in [1.165, 1.54) is 40.9 Å². The fourth-order valence-corrected chi connectivity index (χ4v) is 6.57. The first-order valence-electron chi connectivity index (χ1n) is 13.1. The topological polar surface area (TPSA) is 29.5 Å². The number of halogens is 3. The monoisotopic (exact) mass is 541 g/mol. The van der Waals surface area contributed by atoms with Crippen molar-refractivity contribution < 1.29 is 27.2 Å². The fourth-order valence-electron chi connectivity index (χ4n) is 5.70. The van der Waals surface area contributed by atoms with Gasteiger partial charge in [-0.3, -0.25) is 4.90 Å². The summed E-state index contributed by atoms with van der Waals surface area (Å²) in [6, 6.07) is 18.8. The maximum atomic E-state index is 14.7. The average molecular weight is 542 g/mol. The predicted molar refractivity (Wildman–Crippen MR) is 143 cm³/mol. The normalized spacial score (nSPS) is 22.3. The molecule has 0 aromatic heterocycles. The Bertz CT molecular complexity index is 1250. The Kier molecular flexibility index (Phi) is 8.29. The van der Waals surface area contributed by atoms with Crippen molar-refractivity contribution in [3.8, 4) is 0 Å². The highest BCUT2D eigenvalue weighted by atomic mass is 32.2. The molecule has 0 saturated carbocycles. The van der Waals surface area contributed by atoms with Crippen LogP contribution in [0.2, 0.25) is 0 Å². The van der Waals surface area contributed by atoms with E-state index in [0.29, 0.717) is 16.4 Å². The van der Waals surface area contributed by atoms with E-state index < -0.39 is 11.9 Å². The van der Waals surface area contributed by atoms with Crippen LogP contribution in [0.5, 0.6) is 0 Å². The minimum absolute atomic E-state index is 0.0741. The van der Waals surface area contributed by atoms with Crippen LogP contribution in [-0.2, 0) is 11.3 Å². The first-order chi connectivity index (χ1) is 18.4. The Morgan fingerprint density at radius 2 is 1.61 bits per heavy atom. The lowest BCUT2D eigenvalue weighted by molar-refractivity contribution is -0.946. The van der Waals surface area contributed by atoms with Crippen molar-refractivity contribution in [3.05, 3.63) is 95.8 Å². The number of hydrogen-bond acceptors (Lipinski definition) is 3. The zero-order chi connectivity index (χ0) is 26.5. The Balaban J connectivity index is 1.24. The molecule has 3 aromatic carbocycles. The summed E-state index contributed by atoms with van der Waals surface area (Å²) < 4.78 is 49.1. The number of carbonyl (C=O) groups excluding carboxylic acids is 1. The number of rotatable bonds is 9. The Morgan fingerprint density at radius 3 is 2.32 bits per heavy atom. The summed E-state index contributed by atoms with van der Waals surface area (Å²) in [7, 11) is 0. The summed E-state index contributed by atoms with van der Waals surface area (Å²) in [5.41, 5.74) is 0.813. The molecule has 3 fully saturated rings. The zero-order valence-corrected chi connectivity index (χ0v) is 22.0. The van der Waals surface area contributed by atoms with Crippen LogP contribution >= 0.6 is 11.8 Å². The molecule has 3 aliphatic heterocycles. The van der Waals surface area contributed by atoms with Gasteiger partial charge in [0.1, 0.15) is 24.0 Å². The van der Waals surface area contributed by atoms with Crippen LogP contribution in [0, 0.1) is 23.4 Å². The molecule has 0 spiro atoms. The molecule has 38 heavy (non-hydrogen) atoms. The molecule has 8 heteroatoms. The van der Waals surface area contributed by atoms with Gasteiger partial charge in [-0.25, -0.2) is 18.0 Å². The number of hydrogen-bond donors (Lipinski definition) is 0.